The molecular formula is C20H21NO5. The number of rotatable bonds is 9. The zero-order valence-electron chi connectivity index (χ0n) is 14.8. The normalized spacial score (nSPS) is 10.7. The maximum absolute atomic E-state index is 12.4. The van der Waals surface area contributed by atoms with E-state index in [2.05, 4.69) is 0 Å². The predicted octanol–water partition coefficient (Wildman–Crippen LogP) is 4.68. The van der Waals surface area contributed by atoms with E-state index in [1.54, 1.807) is 30.3 Å². The van der Waals surface area contributed by atoms with Gasteiger partial charge >= 0.3 is 0 Å². The van der Waals surface area contributed by atoms with Gasteiger partial charge in [0.25, 0.3) is 5.69 Å². The fraction of sp³-hybridized carbons (Fsp3) is 0.250. The molecule has 0 unspecified atom stereocenters. The molecule has 0 amide bonds. The Bertz CT molecular complexity index is 814. The summed E-state index contributed by atoms with van der Waals surface area (Å²) in [6.45, 7) is 4.88. The number of hydrogen-bond acceptors (Lipinski definition) is 5. The van der Waals surface area contributed by atoms with Gasteiger partial charge in [-0.15, -0.1) is 0 Å². The Kier molecular flexibility index (Phi) is 6.91. The third-order valence-electron chi connectivity index (χ3n) is 3.54. The standard InChI is InChI=1S/C20H21NO5/c1-3-14-26-20-15(8-7-11-19(20)25-4-2)12-13-18(22)16-9-5-6-10-17(16)21(23)24/h5-13H,3-4,14H2,1-2H3/b13-12+. The van der Waals surface area contributed by atoms with Gasteiger partial charge in [0.2, 0.25) is 0 Å². The monoisotopic (exact) mass is 355 g/mol. The van der Waals surface area contributed by atoms with Crippen LogP contribution in [-0.2, 0) is 0 Å². The zero-order valence-corrected chi connectivity index (χ0v) is 14.8. The van der Waals surface area contributed by atoms with Crippen LogP contribution in [0.4, 0.5) is 5.69 Å². The van der Waals surface area contributed by atoms with Crippen LogP contribution >= 0.6 is 0 Å². The highest BCUT2D eigenvalue weighted by molar-refractivity contribution is 6.09. The zero-order chi connectivity index (χ0) is 18.9. The first-order valence-electron chi connectivity index (χ1n) is 8.42. The number of nitro benzene ring substituents is 1. The summed E-state index contributed by atoms with van der Waals surface area (Å²) < 4.78 is 11.4. The van der Waals surface area contributed by atoms with Gasteiger partial charge in [-0.2, -0.15) is 0 Å². The summed E-state index contributed by atoms with van der Waals surface area (Å²) in [6.07, 6.45) is 3.73. The summed E-state index contributed by atoms with van der Waals surface area (Å²) in [5, 5.41) is 11.1. The van der Waals surface area contributed by atoms with Crippen molar-refractivity contribution in [1.82, 2.24) is 0 Å². The summed E-state index contributed by atoms with van der Waals surface area (Å²) in [7, 11) is 0. The number of ether oxygens (including phenoxy) is 2. The summed E-state index contributed by atoms with van der Waals surface area (Å²) in [6, 6.07) is 11.3. The van der Waals surface area contributed by atoms with Crippen molar-refractivity contribution >= 4 is 17.5 Å². The molecule has 0 radical (unpaired) electrons. The fourth-order valence-corrected chi connectivity index (χ4v) is 2.39. The number of carbonyl (C=O) groups is 1. The molecule has 26 heavy (non-hydrogen) atoms. The Morgan fingerprint density at radius 3 is 2.58 bits per heavy atom. The minimum Gasteiger partial charge on any atom is -0.490 e. The lowest BCUT2D eigenvalue weighted by Crippen LogP contribution is -2.02. The average molecular weight is 355 g/mol. The van der Waals surface area contributed by atoms with Crippen LogP contribution in [0.15, 0.2) is 48.5 Å². The van der Waals surface area contributed by atoms with Gasteiger partial charge in [-0.1, -0.05) is 31.2 Å². The molecule has 0 spiro atoms. The van der Waals surface area contributed by atoms with Crippen LogP contribution in [0.25, 0.3) is 6.08 Å². The van der Waals surface area contributed by atoms with Gasteiger partial charge in [0.05, 0.1) is 23.7 Å². The number of hydrogen-bond donors (Lipinski definition) is 0. The Balaban J connectivity index is 2.34. The van der Waals surface area contributed by atoms with E-state index in [1.807, 2.05) is 13.8 Å². The number of nitrogens with zero attached hydrogens (tertiary/aromatic N) is 1. The first-order chi connectivity index (χ1) is 12.6. The third kappa shape index (κ3) is 4.69. The van der Waals surface area contributed by atoms with Crippen LogP contribution in [0.1, 0.15) is 36.2 Å². The molecule has 6 heteroatoms. The Morgan fingerprint density at radius 1 is 1.12 bits per heavy atom. The van der Waals surface area contributed by atoms with Gasteiger partial charge in [0.1, 0.15) is 0 Å². The molecule has 2 aromatic carbocycles. The minimum absolute atomic E-state index is 0.0470. The number of para-hydroxylation sites is 2. The molecule has 0 aliphatic heterocycles. The molecule has 0 bridgehead atoms. The van der Waals surface area contributed by atoms with E-state index in [0.29, 0.717) is 30.3 Å². The van der Waals surface area contributed by atoms with Gasteiger partial charge in [0.15, 0.2) is 17.3 Å². The molecular weight excluding hydrogens is 334 g/mol. The molecule has 0 heterocycles. The van der Waals surface area contributed by atoms with E-state index in [9.17, 15) is 14.9 Å². The molecule has 0 aliphatic carbocycles. The smallest absolute Gasteiger partial charge is 0.280 e. The van der Waals surface area contributed by atoms with Gasteiger partial charge in [-0.3, -0.25) is 14.9 Å². The molecule has 136 valence electrons. The molecule has 0 aliphatic rings. The van der Waals surface area contributed by atoms with Gasteiger partial charge < -0.3 is 9.47 Å². The Hall–Kier alpha value is -3.15. The van der Waals surface area contributed by atoms with Crippen LogP contribution in [0.5, 0.6) is 11.5 Å². The summed E-state index contributed by atoms with van der Waals surface area (Å²) in [4.78, 5) is 22.9. The molecule has 0 saturated carbocycles. The quantitative estimate of drug-likeness (QED) is 0.282. The van der Waals surface area contributed by atoms with Crippen LogP contribution < -0.4 is 9.47 Å². The highest BCUT2D eigenvalue weighted by Gasteiger charge is 2.17. The average Bonchev–Trinajstić information content (AvgIpc) is 2.65. The SMILES string of the molecule is CCCOc1c(/C=C/C(=O)c2ccccc2[N+](=O)[O-])cccc1OCC. The topological polar surface area (TPSA) is 78.7 Å². The first kappa shape index (κ1) is 19.2. The second-order valence-electron chi connectivity index (χ2n) is 5.43. The van der Waals surface area contributed by atoms with Crippen LogP contribution in [-0.4, -0.2) is 23.9 Å². The van der Waals surface area contributed by atoms with E-state index in [4.69, 9.17) is 9.47 Å². The van der Waals surface area contributed by atoms with Gasteiger partial charge in [0, 0.05) is 11.6 Å². The number of carbonyl (C=O) groups excluding carboxylic acids is 1. The van der Waals surface area contributed by atoms with E-state index in [-0.39, 0.29) is 11.3 Å². The largest absolute Gasteiger partial charge is 0.490 e. The second-order valence-corrected chi connectivity index (χ2v) is 5.43. The Morgan fingerprint density at radius 2 is 1.88 bits per heavy atom. The first-order valence-corrected chi connectivity index (χ1v) is 8.42. The fourth-order valence-electron chi connectivity index (χ4n) is 2.39. The highest BCUT2D eigenvalue weighted by atomic mass is 16.6. The lowest BCUT2D eigenvalue weighted by molar-refractivity contribution is -0.385. The van der Waals surface area contributed by atoms with Crippen molar-refractivity contribution in [2.45, 2.75) is 20.3 Å². The molecule has 0 fully saturated rings. The molecule has 6 nitrogen and oxygen atoms in total. The minimum atomic E-state index is -0.563. The maximum Gasteiger partial charge on any atom is 0.280 e. The van der Waals surface area contributed by atoms with E-state index in [0.717, 1.165) is 6.42 Å². The number of benzene rings is 2. The number of allylic oxidation sites excluding steroid dienone is 1. The predicted molar refractivity (Wildman–Crippen MR) is 99.9 cm³/mol. The van der Waals surface area contributed by atoms with Crippen molar-refractivity contribution in [2.24, 2.45) is 0 Å². The van der Waals surface area contributed by atoms with Crippen molar-refractivity contribution < 1.29 is 19.2 Å². The highest BCUT2D eigenvalue weighted by Crippen LogP contribution is 2.32. The van der Waals surface area contributed by atoms with Gasteiger partial charge in [-0.25, -0.2) is 0 Å². The molecule has 0 N–H and O–H groups in total. The van der Waals surface area contributed by atoms with Gasteiger partial charge in [-0.05, 0) is 37.6 Å². The lowest BCUT2D eigenvalue weighted by Gasteiger charge is -2.13. The van der Waals surface area contributed by atoms with Crippen molar-refractivity contribution in [3.63, 3.8) is 0 Å². The number of ketones is 1. The second kappa shape index (κ2) is 9.36. The van der Waals surface area contributed by atoms with E-state index < -0.39 is 10.7 Å². The van der Waals surface area contributed by atoms with Crippen LogP contribution in [0, 0.1) is 10.1 Å². The summed E-state index contributed by atoms with van der Waals surface area (Å²) in [5.74, 6) is 0.713. The number of nitro groups is 1. The van der Waals surface area contributed by atoms with Crippen LogP contribution in [0.3, 0.4) is 0 Å². The molecule has 2 aromatic rings. The molecule has 0 aromatic heterocycles. The summed E-state index contributed by atoms with van der Waals surface area (Å²) >= 11 is 0. The van der Waals surface area contributed by atoms with Crippen molar-refractivity contribution in [3.05, 3.63) is 69.8 Å². The Labute approximate surface area is 152 Å². The maximum atomic E-state index is 12.4. The van der Waals surface area contributed by atoms with E-state index in [1.165, 1.54) is 24.3 Å². The van der Waals surface area contributed by atoms with E-state index >= 15 is 0 Å². The van der Waals surface area contributed by atoms with Crippen LogP contribution in [0.2, 0.25) is 0 Å². The van der Waals surface area contributed by atoms with Crippen molar-refractivity contribution in [1.29, 1.82) is 0 Å². The van der Waals surface area contributed by atoms with Crippen molar-refractivity contribution in [3.8, 4) is 11.5 Å². The van der Waals surface area contributed by atoms with Crippen molar-refractivity contribution in [2.75, 3.05) is 13.2 Å². The third-order valence-corrected chi connectivity index (χ3v) is 3.54. The molecule has 0 saturated heterocycles. The lowest BCUT2D eigenvalue weighted by atomic mass is 10.1. The summed E-state index contributed by atoms with van der Waals surface area (Å²) in [5.41, 5.74) is 0.509. The molecule has 0 atom stereocenters. The molecule has 2 rings (SSSR count).